The van der Waals surface area contributed by atoms with Crippen molar-refractivity contribution in [1.29, 1.82) is 0 Å². The van der Waals surface area contributed by atoms with Crippen LogP contribution in [0.25, 0.3) is 0 Å². The SMILES string of the molecule is CCCCCCCCCCN(CCCOC(CCCCCC)CCCCCC)C(=O)SCCN(C)C. The van der Waals surface area contributed by atoms with Crippen LogP contribution in [0.2, 0.25) is 0 Å². The minimum absolute atomic E-state index is 0.260. The van der Waals surface area contributed by atoms with Gasteiger partial charge in [0.15, 0.2) is 0 Å². The summed E-state index contributed by atoms with van der Waals surface area (Å²) >= 11 is 1.49. The number of rotatable bonds is 27. The molecule has 0 aromatic rings. The van der Waals surface area contributed by atoms with Gasteiger partial charge in [0.25, 0.3) is 5.24 Å². The van der Waals surface area contributed by atoms with E-state index in [2.05, 4.69) is 44.7 Å². The quantitative estimate of drug-likeness (QED) is 0.0994. The molecule has 0 heterocycles. The lowest BCUT2D eigenvalue weighted by atomic mass is 10.0. The highest BCUT2D eigenvalue weighted by Crippen LogP contribution is 2.17. The third-order valence-electron chi connectivity index (χ3n) is 6.99. The summed E-state index contributed by atoms with van der Waals surface area (Å²) < 4.78 is 6.38. The molecule has 0 aliphatic carbocycles. The fourth-order valence-corrected chi connectivity index (χ4v) is 5.55. The van der Waals surface area contributed by atoms with Crippen molar-refractivity contribution in [2.75, 3.05) is 46.1 Å². The Kier molecular flexibility index (Phi) is 27.6. The van der Waals surface area contributed by atoms with Gasteiger partial charge in [-0.1, -0.05) is 129 Å². The number of hydrogen-bond acceptors (Lipinski definition) is 4. The van der Waals surface area contributed by atoms with Gasteiger partial charge >= 0.3 is 0 Å². The molecule has 5 heteroatoms. The molecule has 0 saturated carbocycles. The van der Waals surface area contributed by atoms with E-state index in [9.17, 15) is 4.79 Å². The Labute approximate surface area is 231 Å². The molecule has 0 aromatic heterocycles. The summed E-state index contributed by atoms with van der Waals surface area (Å²) in [7, 11) is 4.14. The predicted octanol–water partition coefficient (Wildman–Crippen LogP) is 9.56. The van der Waals surface area contributed by atoms with Gasteiger partial charge in [-0.2, -0.15) is 0 Å². The van der Waals surface area contributed by atoms with Crippen molar-refractivity contribution in [1.82, 2.24) is 9.80 Å². The molecule has 0 bridgehead atoms. The number of unbranched alkanes of at least 4 members (excludes halogenated alkanes) is 13. The van der Waals surface area contributed by atoms with Gasteiger partial charge in [0.1, 0.15) is 0 Å². The summed E-state index contributed by atoms with van der Waals surface area (Å²) in [6.07, 6.45) is 24.7. The van der Waals surface area contributed by atoms with Gasteiger partial charge in [-0.25, -0.2) is 0 Å². The van der Waals surface area contributed by atoms with Crippen LogP contribution in [0.3, 0.4) is 0 Å². The summed E-state index contributed by atoms with van der Waals surface area (Å²) in [6.45, 7) is 10.3. The highest BCUT2D eigenvalue weighted by Gasteiger charge is 2.15. The van der Waals surface area contributed by atoms with E-state index in [1.54, 1.807) is 0 Å². The van der Waals surface area contributed by atoms with Gasteiger partial charge in [-0.05, 0) is 39.8 Å². The van der Waals surface area contributed by atoms with Gasteiger partial charge in [0.2, 0.25) is 0 Å². The van der Waals surface area contributed by atoms with E-state index in [-0.39, 0.29) is 5.24 Å². The lowest BCUT2D eigenvalue weighted by molar-refractivity contribution is 0.0342. The summed E-state index contributed by atoms with van der Waals surface area (Å²) in [5.74, 6) is 0.869. The predicted molar refractivity (Wildman–Crippen MR) is 162 cm³/mol. The van der Waals surface area contributed by atoms with E-state index in [0.717, 1.165) is 44.8 Å². The van der Waals surface area contributed by atoms with E-state index in [0.29, 0.717) is 6.10 Å². The fraction of sp³-hybridized carbons (Fsp3) is 0.968. The number of ether oxygens (including phenoxy) is 1. The minimum atomic E-state index is 0.260. The molecule has 216 valence electrons. The van der Waals surface area contributed by atoms with Crippen LogP contribution < -0.4 is 0 Å². The summed E-state index contributed by atoms with van der Waals surface area (Å²) in [5.41, 5.74) is 0. The van der Waals surface area contributed by atoms with Crippen LogP contribution in [0.5, 0.6) is 0 Å². The first-order valence-corrected chi connectivity index (χ1v) is 16.7. The third-order valence-corrected chi connectivity index (χ3v) is 7.88. The molecule has 0 aliphatic heterocycles. The lowest BCUT2D eigenvalue weighted by Crippen LogP contribution is -2.31. The Bertz CT molecular complexity index is 450. The molecular formula is C31H64N2O2S. The summed E-state index contributed by atoms with van der Waals surface area (Å²) in [6, 6.07) is 0. The standard InChI is InChI=1S/C31H64N2O2S/c1-6-9-12-15-16-17-18-21-25-33(31(34)36-29-27-32(4)5)26-22-28-35-30(23-19-13-10-7-2)24-20-14-11-8-3/h30H,6-29H2,1-5H3. The average Bonchev–Trinajstić information content (AvgIpc) is 2.86. The number of amides is 1. The maximum atomic E-state index is 12.9. The number of thioether (sulfide) groups is 1. The number of carbonyl (C=O) groups is 1. The third kappa shape index (κ3) is 24.1. The van der Waals surface area contributed by atoms with E-state index in [1.807, 2.05) is 0 Å². The van der Waals surface area contributed by atoms with Gasteiger partial charge in [0.05, 0.1) is 6.10 Å². The molecule has 0 aliphatic rings. The summed E-state index contributed by atoms with van der Waals surface area (Å²) in [4.78, 5) is 17.2. The topological polar surface area (TPSA) is 32.8 Å². The van der Waals surface area contributed by atoms with Gasteiger partial charge in [0, 0.05) is 32.0 Å². The zero-order chi connectivity index (χ0) is 26.7. The molecular weight excluding hydrogens is 464 g/mol. The minimum Gasteiger partial charge on any atom is -0.378 e. The molecule has 0 spiro atoms. The van der Waals surface area contributed by atoms with E-state index < -0.39 is 0 Å². The molecule has 0 radical (unpaired) electrons. The first-order valence-electron chi connectivity index (χ1n) is 15.7. The maximum Gasteiger partial charge on any atom is 0.281 e. The molecule has 0 rings (SSSR count). The van der Waals surface area contributed by atoms with Crippen molar-refractivity contribution in [3.05, 3.63) is 0 Å². The van der Waals surface area contributed by atoms with E-state index in [4.69, 9.17) is 4.74 Å². The second kappa shape index (κ2) is 27.8. The van der Waals surface area contributed by atoms with E-state index in [1.165, 1.54) is 121 Å². The van der Waals surface area contributed by atoms with Crippen molar-refractivity contribution >= 4 is 17.0 Å². The van der Waals surface area contributed by atoms with Crippen LogP contribution in [0, 0.1) is 0 Å². The Morgan fingerprint density at radius 3 is 1.64 bits per heavy atom. The Hall–Kier alpha value is -0.260. The number of carbonyl (C=O) groups excluding carboxylic acids is 1. The van der Waals surface area contributed by atoms with Crippen LogP contribution in [0.1, 0.15) is 143 Å². The van der Waals surface area contributed by atoms with Crippen LogP contribution in [0.15, 0.2) is 0 Å². The largest absolute Gasteiger partial charge is 0.378 e. The Morgan fingerprint density at radius 1 is 0.639 bits per heavy atom. The van der Waals surface area contributed by atoms with Crippen molar-refractivity contribution in [2.24, 2.45) is 0 Å². The average molecular weight is 529 g/mol. The molecule has 36 heavy (non-hydrogen) atoms. The molecule has 0 atom stereocenters. The first-order chi connectivity index (χ1) is 17.5. The van der Waals surface area contributed by atoms with Crippen LogP contribution >= 0.6 is 11.8 Å². The van der Waals surface area contributed by atoms with Gasteiger partial charge in [-0.15, -0.1) is 0 Å². The molecule has 4 nitrogen and oxygen atoms in total. The van der Waals surface area contributed by atoms with E-state index >= 15 is 0 Å². The monoisotopic (exact) mass is 528 g/mol. The van der Waals surface area contributed by atoms with Crippen LogP contribution in [-0.2, 0) is 4.74 Å². The molecule has 0 fully saturated rings. The number of hydrogen-bond donors (Lipinski definition) is 0. The number of nitrogens with zero attached hydrogens (tertiary/aromatic N) is 2. The highest BCUT2D eigenvalue weighted by molar-refractivity contribution is 8.13. The van der Waals surface area contributed by atoms with Crippen molar-refractivity contribution < 1.29 is 9.53 Å². The van der Waals surface area contributed by atoms with Crippen molar-refractivity contribution in [2.45, 2.75) is 149 Å². The fourth-order valence-electron chi connectivity index (χ4n) is 4.55. The molecule has 1 amide bonds. The smallest absolute Gasteiger partial charge is 0.281 e. The maximum absolute atomic E-state index is 12.9. The van der Waals surface area contributed by atoms with Crippen molar-refractivity contribution in [3.8, 4) is 0 Å². The lowest BCUT2D eigenvalue weighted by Gasteiger charge is -2.24. The second-order valence-corrected chi connectivity index (χ2v) is 12.0. The van der Waals surface area contributed by atoms with Gasteiger partial charge < -0.3 is 14.5 Å². The molecule has 0 saturated heterocycles. The Balaban J connectivity index is 4.45. The molecule has 0 N–H and O–H groups in total. The van der Waals surface area contributed by atoms with Crippen LogP contribution in [0.4, 0.5) is 4.79 Å². The first kappa shape index (κ1) is 35.7. The van der Waals surface area contributed by atoms with Crippen LogP contribution in [-0.4, -0.2) is 67.2 Å². The molecule has 0 unspecified atom stereocenters. The molecule has 0 aromatic carbocycles. The summed E-state index contributed by atoms with van der Waals surface area (Å²) in [5, 5.41) is 0.260. The normalized spacial score (nSPS) is 11.6. The van der Waals surface area contributed by atoms with Gasteiger partial charge in [-0.3, -0.25) is 4.79 Å². The van der Waals surface area contributed by atoms with Crippen molar-refractivity contribution in [3.63, 3.8) is 0 Å². The zero-order valence-electron chi connectivity index (χ0n) is 25.2. The zero-order valence-corrected chi connectivity index (χ0v) is 26.0. The second-order valence-electron chi connectivity index (χ2n) is 10.9. The highest BCUT2D eigenvalue weighted by atomic mass is 32.2. The Morgan fingerprint density at radius 2 is 1.11 bits per heavy atom.